The SMILES string of the molecule is CC(Nc1cc([N+](=O)[O-])ccc1Br)c1c(F)cccc1F. The molecule has 0 spiro atoms. The van der Waals surface area contributed by atoms with Gasteiger partial charge in [0.2, 0.25) is 0 Å². The maximum Gasteiger partial charge on any atom is 0.271 e. The van der Waals surface area contributed by atoms with Gasteiger partial charge in [-0.3, -0.25) is 10.1 Å². The molecule has 0 fully saturated rings. The van der Waals surface area contributed by atoms with Crippen molar-refractivity contribution in [3.8, 4) is 0 Å². The summed E-state index contributed by atoms with van der Waals surface area (Å²) in [5.74, 6) is -1.34. The van der Waals surface area contributed by atoms with Crippen molar-refractivity contribution < 1.29 is 13.7 Å². The third-order valence-electron chi connectivity index (χ3n) is 2.97. The summed E-state index contributed by atoms with van der Waals surface area (Å²) in [6.45, 7) is 1.58. The van der Waals surface area contributed by atoms with Gasteiger partial charge in [-0.25, -0.2) is 8.78 Å². The van der Waals surface area contributed by atoms with Gasteiger partial charge < -0.3 is 5.32 Å². The van der Waals surface area contributed by atoms with Gasteiger partial charge in [-0.1, -0.05) is 6.07 Å². The van der Waals surface area contributed by atoms with E-state index in [2.05, 4.69) is 21.2 Å². The Morgan fingerprint density at radius 2 is 1.86 bits per heavy atom. The van der Waals surface area contributed by atoms with Crippen LogP contribution >= 0.6 is 15.9 Å². The van der Waals surface area contributed by atoms with Gasteiger partial charge in [-0.15, -0.1) is 0 Å². The quantitative estimate of drug-likeness (QED) is 0.631. The Bertz CT molecular complexity index is 674. The van der Waals surface area contributed by atoms with E-state index >= 15 is 0 Å². The molecule has 1 unspecified atom stereocenters. The standard InChI is InChI=1S/C14H11BrF2N2O2/c1-8(14-11(16)3-2-4-12(14)17)18-13-7-9(19(20)21)5-6-10(13)15/h2-8,18H,1H3. The Morgan fingerprint density at radius 3 is 2.43 bits per heavy atom. The number of nitro benzene ring substituents is 1. The van der Waals surface area contributed by atoms with Gasteiger partial charge in [0, 0.05) is 22.2 Å². The lowest BCUT2D eigenvalue weighted by Crippen LogP contribution is -2.11. The Balaban J connectivity index is 2.33. The molecule has 0 heterocycles. The summed E-state index contributed by atoms with van der Waals surface area (Å²) in [6.07, 6.45) is 0. The van der Waals surface area contributed by atoms with Gasteiger partial charge in [0.15, 0.2) is 0 Å². The van der Waals surface area contributed by atoms with Crippen LogP contribution in [0.25, 0.3) is 0 Å². The van der Waals surface area contributed by atoms with E-state index in [1.807, 2.05) is 0 Å². The van der Waals surface area contributed by atoms with Crippen molar-refractivity contribution in [2.24, 2.45) is 0 Å². The minimum Gasteiger partial charge on any atom is -0.377 e. The number of anilines is 1. The number of nitrogens with one attached hydrogen (secondary N) is 1. The molecule has 0 aliphatic carbocycles. The monoisotopic (exact) mass is 356 g/mol. The lowest BCUT2D eigenvalue weighted by molar-refractivity contribution is -0.384. The molecule has 21 heavy (non-hydrogen) atoms. The van der Waals surface area contributed by atoms with E-state index in [1.54, 1.807) is 6.92 Å². The largest absolute Gasteiger partial charge is 0.377 e. The summed E-state index contributed by atoms with van der Waals surface area (Å²) in [7, 11) is 0. The smallest absolute Gasteiger partial charge is 0.271 e. The molecule has 0 saturated carbocycles. The summed E-state index contributed by atoms with van der Waals surface area (Å²) in [5, 5.41) is 13.6. The maximum atomic E-state index is 13.7. The van der Waals surface area contributed by atoms with Crippen LogP contribution in [0.15, 0.2) is 40.9 Å². The lowest BCUT2D eigenvalue weighted by Gasteiger charge is -2.18. The molecule has 0 aliphatic rings. The van der Waals surface area contributed by atoms with Gasteiger partial charge in [0.05, 0.1) is 16.7 Å². The molecule has 0 radical (unpaired) electrons. The predicted molar refractivity (Wildman–Crippen MR) is 79.2 cm³/mol. The highest BCUT2D eigenvalue weighted by molar-refractivity contribution is 9.10. The fourth-order valence-corrected chi connectivity index (χ4v) is 2.33. The molecule has 0 amide bonds. The van der Waals surface area contributed by atoms with E-state index in [9.17, 15) is 18.9 Å². The molecule has 2 rings (SSSR count). The number of rotatable bonds is 4. The van der Waals surface area contributed by atoms with Crippen molar-refractivity contribution in [1.29, 1.82) is 0 Å². The van der Waals surface area contributed by atoms with E-state index < -0.39 is 22.6 Å². The topological polar surface area (TPSA) is 55.2 Å². The van der Waals surface area contributed by atoms with Gasteiger partial charge in [0.25, 0.3) is 5.69 Å². The highest BCUT2D eigenvalue weighted by Crippen LogP contribution is 2.31. The Labute approximate surface area is 128 Å². The third kappa shape index (κ3) is 3.36. The van der Waals surface area contributed by atoms with Gasteiger partial charge in [-0.2, -0.15) is 0 Å². The van der Waals surface area contributed by atoms with Crippen LogP contribution in [-0.4, -0.2) is 4.92 Å². The zero-order chi connectivity index (χ0) is 15.6. The van der Waals surface area contributed by atoms with Crippen LogP contribution in [0.2, 0.25) is 0 Å². The number of hydrogen-bond acceptors (Lipinski definition) is 3. The van der Waals surface area contributed by atoms with Crippen molar-refractivity contribution in [2.45, 2.75) is 13.0 Å². The van der Waals surface area contributed by atoms with E-state index in [1.165, 1.54) is 36.4 Å². The van der Waals surface area contributed by atoms with Crippen LogP contribution in [0, 0.1) is 21.7 Å². The van der Waals surface area contributed by atoms with E-state index in [-0.39, 0.29) is 11.3 Å². The summed E-state index contributed by atoms with van der Waals surface area (Å²) in [5.41, 5.74) is 0.164. The number of nitrogens with zero attached hydrogens (tertiary/aromatic N) is 1. The van der Waals surface area contributed by atoms with E-state index in [4.69, 9.17) is 0 Å². The normalized spacial score (nSPS) is 12.0. The second kappa shape index (κ2) is 6.17. The molecule has 0 aliphatic heterocycles. The number of benzene rings is 2. The van der Waals surface area contributed by atoms with Gasteiger partial charge >= 0.3 is 0 Å². The summed E-state index contributed by atoms with van der Waals surface area (Å²) in [4.78, 5) is 10.2. The fraction of sp³-hybridized carbons (Fsp3) is 0.143. The Morgan fingerprint density at radius 1 is 1.24 bits per heavy atom. The zero-order valence-corrected chi connectivity index (χ0v) is 12.5. The molecular formula is C14H11BrF2N2O2. The molecule has 0 aromatic heterocycles. The zero-order valence-electron chi connectivity index (χ0n) is 10.9. The highest BCUT2D eigenvalue weighted by atomic mass is 79.9. The van der Waals surface area contributed by atoms with Crippen LogP contribution in [0.3, 0.4) is 0 Å². The average Bonchev–Trinajstić information content (AvgIpc) is 2.40. The Hall–Kier alpha value is -2.02. The average molecular weight is 357 g/mol. The summed E-state index contributed by atoms with van der Waals surface area (Å²) >= 11 is 3.25. The maximum absolute atomic E-state index is 13.7. The number of hydrogen-bond donors (Lipinski definition) is 1. The molecule has 110 valence electrons. The first-order chi connectivity index (χ1) is 9.90. The van der Waals surface area contributed by atoms with Crippen LogP contribution < -0.4 is 5.32 Å². The third-order valence-corrected chi connectivity index (χ3v) is 3.66. The summed E-state index contributed by atoms with van der Waals surface area (Å²) in [6, 6.07) is 7.07. The van der Waals surface area contributed by atoms with Crippen molar-refractivity contribution in [2.75, 3.05) is 5.32 Å². The molecule has 0 bridgehead atoms. The van der Waals surface area contributed by atoms with Gasteiger partial charge in [0.1, 0.15) is 11.6 Å². The minimum atomic E-state index is -0.690. The second-order valence-corrected chi connectivity index (χ2v) is 5.28. The van der Waals surface area contributed by atoms with Crippen LogP contribution in [-0.2, 0) is 0 Å². The van der Waals surface area contributed by atoms with Crippen LogP contribution in [0.4, 0.5) is 20.2 Å². The van der Waals surface area contributed by atoms with E-state index in [0.29, 0.717) is 10.2 Å². The first kappa shape index (κ1) is 15.4. The molecule has 0 saturated heterocycles. The lowest BCUT2D eigenvalue weighted by atomic mass is 10.1. The molecule has 7 heteroatoms. The minimum absolute atomic E-state index is 0.109. The molecule has 1 atom stereocenters. The predicted octanol–water partition coefficient (Wildman–Crippen LogP) is 4.81. The molecular weight excluding hydrogens is 346 g/mol. The van der Waals surface area contributed by atoms with Crippen molar-refractivity contribution in [3.63, 3.8) is 0 Å². The second-order valence-electron chi connectivity index (χ2n) is 4.42. The van der Waals surface area contributed by atoms with Crippen molar-refractivity contribution >= 4 is 27.3 Å². The van der Waals surface area contributed by atoms with Gasteiger partial charge in [-0.05, 0) is 41.1 Å². The van der Waals surface area contributed by atoms with E-state index in [0.717, 1.165) is 0 Å². The molecule has 2 aromatic carbocycles. The van der Waals surface area contributed by atoms with Crippen LogP contribution in [0.5, 0.6) is 0 Å². The molecule has 4 nitrogen and oxygen atoms in total. The van der Waals surface area contributed by atoms with Crippen LogP contribution in [0.1, 0.15) is 18.5 Å². The first-order valence-electron chi connectivity index (χ1n) is 6.04. The Kier molecular flexibility index (Phi) is 4.52. The number of nitro groups is 1. The highest BCUT2D eigenvalue weighted by Gasteiger charge is 2.18. The van der Waals surface area contributed by atoms with Crippen molar-refractivity contribution in [3.05, 3.63) is 68.2 Å². The molecule has 2 aromatic rings. The van der Waals surface area contributed by atoms with Crippen molar-refractivity contribution in [1.82, 2.24) is 0 Å². The summed E-state index contributed by atoms with van der Waals surface area (Å²) < 4.78 is 28.0. The fourth-order valence-electron chi connectivity index (χ4n) is 1.97. The first-order valence-corrected chi connectivity index (χ1v) is 6.84. The number of halogens is 3. The number of non-ortho nitro benzene ring substituents is 1. The molecule has 1 N–H and O–H groups in total.